The van der Waals surface area contributed by atoms with Crippen molar-refractivity contribution in [3.8, 4) is 0 Å². The van der Waals surface area contributed by atoms with Crippen LogP contribution in [0.1, 0.15) is 50.8 Å². The fourth-order valence-corrected chi connectivity index (χ4v) is 3.69. The first kappa shape index (κ1) is 17.0. The highest BCUT2D eigenvalue weighted by Crippen LogP contribution is 2.27. The fourth-order valence-electron chi connectivity index (χ4n) is 3.69. The Bertz CT molecular complexity index is 550. The smallest absolute Gasteiger partial charge is 0.220 e. The molecule has 0 atom stereocenters. The van der Waals surface area contributed by atoms with Gasteiger partial charge in [-0.1, -0.05) is 12.8 Å². The van der Waals surface area contributed by atoms with Crippen molar-refractivity contribution < 1.29 is 4.79 Å². The number of nitrogens with zero attached hydrogens (tertiary/aromatic N) is 3. The maximum Gasteiger partial charge on any atom is 0.220 e. The summed E-state index contributed by atoms with van der Waals surface area (Å²) < 4.78 is 0. The van der Waals surface area contributed by atoms with E-state index in [1.807, 2.05) is 13.0 Å². The number of carbonyl (C=O) groups excluding carboxylic acids is 1. The number of hydrogen-bond acceptors (Lipinski definition) is 5. The minimum Gasteiger partial charge on any atom is -0.368 e. The third-order valence-electron chi connectivity index (χ3n) is 4.96. The molecule has 0 spiro atoms. The van der Waals surface area contributed by atoms with E-state index in [1.165, 1.54) is 38.5 Å². The van der Waals surface area contributed by atoms with Crippen molar-refractivity contribution in [1.29, 1.82) is 0 Å². The Hall–Kier alpha value is -1.85. The quantitative estimate of drug-likeness (QED) is 0.751. The first-order valence-corrected chi connectivity index (χ1v) is 9.32. The maximum absolute atomic E-state index is 11.9. The molecule has 0 radical (unpaired) electrons. The summed E-state index contributed by atoms with van der Waals surface area (Å²) in [6.07, 6.45) is 8.15. The van der Waals surface area contributed by atoms with Crippen molar-refractivity contribution in [2.75, 3.05) is 36.4 Å². The van der Waals surface area contributed by atoms with Gasteiger partial charge in [-0.05, 0) is 38.5 Å². The van der Waals surface area contributed by atoms with E-state index in [2.05, 4.69) is 25.5 Å². The van der Waals surface area contributed by atoms with Gasteiger partial charge in [-0.2, -0.15) is 0 Å². The molecule has 2 heterocycles. The van der Waals surface area contributed by atoms with Gasteiger partial charge >= 0.3 is 0 Å². The van der Waals surface area contributed by atoms with Gasteiger partial charge in [-0.25, -0.2) is 9.97 Å². The molecule has 1 amide bonds. The molecule has 2 aliphatic rings. The summed E-state index contributed by atoms with van der Waals surface area (Å²) in [5.74, 6) is 3.42. The molecule has 2 fully saturated rings. The van der Waals surface area contributed by atoms with Crippen LogP contribution in [-0.4, -0.2) is 42.1 Å². The molecule has 0 aromatic carbocycles. The van der Waals surface area contributed by atoms with Gasteiger partial charge in [0.15, 0.2) is 0 Å². The Morgan fingerprint density at radius 2 is 1.92 bits per heavy atom. The monoisotopic (exact) mass is 331 g/mol. The van der Waals surface area contributed by atoms with Crippen molar-refractivity contribution in [3.05, 3.63) is 11.9 Å². The standard InChI is InChI=1S/C18H29N5O/c1-14-21-16(13-17(22-14)23-10-4-5-11-23)19-8-9-20-18(24)12-15-6-2-3-7-15/h13,15H,2-12H2,1H3,(H,20,24)(H,19,21,22). The summed E-state index contributed by atoms with van der Waals surface area (Å²) in [4.78, 5) is 23.2. The second-order valence-electron chi connectivity index (χ2n) is 6.98. The molecule has 1 saturated carbocycles. The lowest BCUT2D eigenvalue weighted by Gasteiger charge is -2.18. The molecule has 6 nitrogen and oxygen atoms in total. The molecule has 3 rings (SSSR count). The van der Waals surface area contributed by atoms with Crippen molar-refractivity contribution in [2.45, 2.75) is 51.9 Å². The number of carbonyl (C=O) groups is 1. The van der Waals surface area contributed by atoms with Crippen LogP contribution in [0.25, 0.3) is 0 Å². The molecule has 1 saturated heterocycles. The van der Waals surface area contributed by atoms with Gasteiger partial charge in [0.25, 0.3) is 0 Å². The Morgan fingerprint density at radius 3 is 2.67 bits per heavy atom. The molecular formula is C18H29N5O. The number of aryl methyl sites for hydroxylation is 1. The lowest BCUT2D eigenvalue weighted by atomic mass is 10.0. The van der Waals surface area contributed by atoms with Crippen LogP contribution in [0.2, 0.25) is 0 Å². The zero-order valence-electron chi connectivity index (χ0n) is 14.7. The average molecular weight is 331 g/mol. The predicted octanol–water partition coefficient (Wildman–Crippen LogP) is 2.49. The molecule has 1 aliphatic heterocycles. The second-order valence-corrected chi connectivity index (χ2v) is 6.98. The van der Waals surface area contributed by atoms with Gasteiger partial charge in [0, 0.05) is 38.7 Å². The van der Waals surface area contributed by atoms with E-state index in [-0.39, 0.29) is 5.91 Å². The van der Waals surface area contributed by atoms with E-state index in [0.29, 0.717) is 25.4 Å². The number of nitrogens with one attached hydrogen (secondary N) is 2. The number of anilines is 2. The van der Waals surface area contributed by atoms with Crippen LogP contribution in [0.3, 0.4) is 0 Å². The van der Waals surface area contributed by atoms with E-state index < -0.39 is 0 Å². The Labute approximate surface area is 144 Å². The molecule has 1 aromatic heterocycles. The molecule has 0 bridgehead atoms. The lowest BCUT2D eigenvalue weighted by molar-refractivity contribution is -0.121. The van der Waals surface area contributed by atoms with E-state index in [0.717, 1.165) is 30.5 Å². The number of amides is 1. The fraction of sp³-hybridized carbons (Fsp3) is 0.722. The summed E-state index contributed by atoms with van der Waals surface area (Å²) >= 11 is 0. The van der Waals surface area contributed by atoms with Gasteiger partial charge in [0.2, 0.25) is 5.91 Å². The predicted molar refractivity (Wildman–Crippen MR) is 96.3 cm³/mol. The number of rotatable bonds is 7. The number of hydrogen-bond donors (Lipinski definition) is 2. The highest BCUT2D eigenvalue weighted by Gasteiger charge is 2.18. The normalized spacial score (nSPS) is 18.1. The SMILES string of the molecule is Cc1nc(NCCNC(=O)CC2CCCC2)cc(N2CCCC2)n1. The molecule has 0 unspecified atom stereocenters. The maximum atomic E-state index is 11.9. The van der Waals surface area contributed by atoms with Gasteiger partial charge < -0.3 is 15.5 Å². The summed E-state index contributed by atoms with van der Waals surface area (Å²) in [6, 6.07) is 2.01. The van der Waals surface area contributed by atoms with E-state index in [9.17, 15) is 4.79 Å². The topological polar surface area (TPSA) is 70.2 Å². The van der Waals surface area contributed by atoms with E-state index in [4.69, 9.17) is 0 Å². The molecule has 1 aliphatic carbocycles. The highest BCUT2D eigenvalue weighted by atomic mass is 16.1. The molecule has 24 heavy (non-hydrogen) atoms. The minimum absolute atomic E-state index is 0.181. The lowest BCUT2D eigenvalue weighted by Crippen LogP contribution is -2.30. The minimum atomic E-state index is 0.181. The van der Waals surface area contributed by atoms with Crippen molar-refractivity contribution >= 4 is 17.5 Å². The van der Waals surface area contributed by atoms with Crippen LogP contribution in [0.5, 0.6) is 0 Å². The van der Waals surface area contributed by atoms with E-state index >= 15 is 0 Å². The Kier molecular flexibility index (Phi) is 5.88. The van der Waals surface area contributed by atoms with Crippen molar-refractivity contribution in [3.63, 3.8) is 0 Å². The van der Waals surface area contributed by atoms with Crippen molar-refractivity contribution in [2.24, 2.45) is 5.92 Å². The first-order valence-electron chi connectivity index (χ1n) is 9.32. The van der Waals surface area contributed by atoms with E-state index in [1.54, 1.807) is 0 Å². The largest absolute Gasteiger partial charge is 0.368 e. The van der Waals surface area contributed by atoms with Crippen LogP contribution in [-0.2, 0) is 4.79 Å². The zero-order valence-corrected chi connectivity index (χ0v) is 14.7. The summed E-state index contributed by atoms with van der Waals surface area (Å²) in [7, 11) is 0. The summed E-state index contributed by atoms with van der Waals surface area (Å²) in [5.41, 5.74) is 0. The second kappa shape index (κ2) is 8.31. The molecule has 6 heteroatoms. The van der Waals surface area contributed by atoms with Crippen molar-refractivity contribution in [1.82, 2.24) is 15.3 Å². The first-order chi connectivity index (χ1) is 11.7. The molecule has 132 valence electrons. The van der Waals surface area contributed by atoms with Gasteiger partial charge in [0.05, 0.1) is 0 Å². The summed E-state index contributed by atoms with van der Waals surface area (Å²) in [6.45, 7) is 5.40. The Balaban J connectivity index is 1.41. The summed E-state index contributed by atoms with van der Waals surface area (Å²) in [5, 5.41) is 6.31. The highest BCUT2D eigenvalue weighted by molar-refractivity contribution is 5.76. The van der Waals surface area contributed by atoms with Crippen LogP contribution >= 0.6 is 0 Å². The molecule has 2 N–H and O–H groups in total. The number of aromatic nitrogens is 2. The van der Waals surface area contributed by atoms with Crippen LogP contribution in [0.4, 0.5) is 11.6 Å². The molecule has 1 aromatic rings. The van der Waals surface area contributed by atoms with Gasteiger partial charge in [0.1, 0.15) is 17.5 Å². The third kappa shape index (κ3) is 4.82. The van der Waals surface area contributed by atoms with Gasteiger partial charge in [-0.15, -0.1) is 0 Å². The Morgan fingerprint density at radius 1 is 1.17 bits per heavy atom. The van der Waals surface area contributed by atoms with Crippen LogP contribution < -0.4 is 15.5 Å². The average Bonchev–Trinajstić information content (AvgIpc) is 3.24. The third-order valence-corrected chi connectivity index (χ3v) is 4.96. The van der Waals surface area contributed by atoms with Crippen LogP contribution in [0.15, 0.2) is 6.07 Å². The van der Waals surface area contributed by atoms with Crippen LogP contribution in [0, 0.1) is 12.8 Å². The zero-order chi connectivity index (χ0) is 16.8. The molecular weight excluding hydrogens is 302 g/mol. The van der Waals surface area contributed by atoms with Gasteiger partial charge in [-0.3, -0.25) is 4.79 Å².